The zero-order chi connectivity index (χ0) is 7.98. The highest BCUT2D eigenvalue weighted by atomic mass is 16.2. The Morgan fingerprint density at radius 2 is 2.10 bits per heavy atom. The Morgan fingerprint density at radius 1 is 1.50 bits per heavy atom. The number of hydrogen-bond acceptors (Lipinski definition) is 1. The first-order chi connectivity index (χ1) is 4.66. The Balaban J connectivity index is 3.47. The van der Waals surface area contributed by atoms with Crippen molar-refractivity contribution in [2.24, 2.45) is 5.92 Å². The fourth-order valence-electron chi connectivity index (χ4n) is 0.715. The number of aliphatic hydroxyl groups excluding tert-OH is 1. The minimum Gasteiger partial charge on any atom is -0.396 e. The van der Waals surface area contributed by atoms with Crippen molar-refractivity contribution in [2.45, 2.75) is 33.6 Å². The van der Waals surface area contributed by atoms with Gasteiger partial charge in [0.1, 0.15) is 0 Å². The molecule has 1 nitrogen and oxygen atoms in total. The van der Waals surface area contributed by atoms with Crippen molar-refractivity contribution in [2.75, 3.05) is 6.61 Å². The SMILES string of the molecule is CC(=CCC(C)C)CCO. The number of allylic oxidation sites excluding steroid dienone is 1. The molecule has 0 saturated heterocycles. The minimum atomic E-state index is 0.278. The maximum Gasteiger partial charge on any atom is 0.0468 e. The van der Waals surface area contributed by atoms with Crippen LogP contribution in [-0.2, 0) is 0 Å². The van der Waals surface area contributed by atoms with Crippen molar-refractivity contribution in [3.8, 4) is 0 Å². The molecule has 0 fully saturated rings. The number of hydrogen-bond donors (Lipinski definition) is 1. The van der Waals surface area contributed by atoms with E-state index in [-0.39, 0.29) is 6.61 Å². The van der Waals surface area contributed by atoms with Crippen LogP contribution in [0.3, 0.4) is 0 Å². The van der Waals surface area contributed by atoms with Gasteiger partial charge in [-0.25, -0.2) is 0 Å². The van der Waals surface area contributed by atoms with Crippen LogP contribution in [0.5, 0.6) is 0 Å². The molecular formula is C9H18O. The molecule has 1 heteroatoms. The summed E-state index contributed by atoms with van der Waals surface area (Å²) >= 11 is 0. The van der Waals surface area contributed by atoms with E-state index in [4.69, 9.17) is 5.11 Å². The van der Waals surface area contributed by atoms with Gasteiger partial charge >= 0.3 is 0 Å². The van der Waals surface area contributed by atoms with Gasteiger partial charge in [0, 0.05) is 6.61 Å². The van der Waals surface area contributed by atoms with Gasteiger partial charge in [0.15, 0.2) is 0 Å². The molecule has 0 radical (unpaired) electrons. The van der Waals surface area contributed by atoms with E-state index in [2.05, 4.69) is 26.8 Å². The molecule has 0 heterocycles. The molecule has 0 aliphatic carbocycles. The van der Waals surface area contributed by atoms with E-state index in [0.717, 1.165) is 18.8 Å². The first-order valence-corrected chi connectivity index (χ1v) is 3.93. The lowest BCUT2D eigenvalue weighted by Gasteiger charge is -2.00. The van der Waals surface area contributed by atoms with Crippen molar-refractivity contribution < 1.29 is 5.11 Å². The van der Waals surface area contributed by atoms with Gasteiger partial charge in [-0.05, 0) is 25.7 Å². The summed E-state index contributed by atoms with van der Waals surface area (Å²) in [6, 6.07) is 0. The molecule has 0 aromatic heterocycles. The summed E-state index contributed by atoms with van der Waals surface area (Å²) in [4.78, 5) is 0. The van der Waals surface area contributed by atoms with Crippen LogP contribution in [0.25, 0.3) is 0 Å². The molecule has 0 rings (SSSR count). The van der Waals surface area contributed by atoms with Crippen molar-refractivity contribution in [3.63, 3.8) is 0 Å². The maximum atomic E-state index is 8.56. The highest BCUT2D eigenvalue weighted by Gasteiger charge is 1.90. The standard InChI is InChI=1S/C9H18O/c1-8(2)4-5-9(3)6-7-10/h5,8,10H,4,6-7H2,1-3H3. The molecule has 10 heavy (non-hydrogen) atoms. The third-order valence-corrected chi connectivity index (χ3v) is 1.44. The first-order valence-electron chi connectivity index (χ1n) is 3.93. The zero-order valence-corrected chi connectivity index (χ0v) is 7.22. The third-order valence-electron chi connectivity index (χ3n) is 1.44. The van der Waals surface area contributed by atoms with Gasteiger partial charge in [-0.15, -0.1) is 0 Å². The van der Waals surface area contributed by atoms with Crippen LogP contribution in [0.15, 0.2) is 11.6 Å². The topological polar surface area (TPSA) is 20.2 Å². The van der Waals surface area contributed by atoms with Crippen LogP contribution in [0, 0.1) is 5.92 Å². The summed E-state index contributed by atoms with van der Waals surface area (Å²) < 4.78 is 0. The summed E-state index contributed by atoms with van der Waals surface area (Å²) in [6.07, 6.45) is 4.17. The fourth-order valence-corrected chi connectivity index (χ4v) is 0.715. The second-order valence-corrected chi connectivity index (χ2v) is 3.15. The van der Waals surface area contributed by atoms with Gasteiger partial charge in [0.25, 0.3) is 0 Å². The highest BCUT2D eigenvalue weighted by Crippen LogP contribution is 2.06. The molecule has 0 amide bonds. The fraction of sp³-hybridized carbons (Fsp3) is 0.778. The number of aliphatic hydroxyl groups is 1. The van der Waals surface area contributed by atoms with Gasteiger partial charge in [0.2, 0.25) is 0 Å². The van der Waals surface area contributed by atoms with E-state index in [0.29, 0.717) is 0 Å². The lowest BCUT2D eigenvalue weighted by atomic mass is 10.1. The normalized spacial score (nSPS) is 12.7. The quantitative estimate of drug-likeness (QED) is 0.597. The molecule has 0 atom stereocenters. The van der Waals surface area contributed by atoms with Gasteiger partial charge < -0.3 is 5.11 Å². The Bertz CT molecular complexity index is 103. The average molecular weight is 142 g/mol. The van der Waals surface area contributed by atoms with E-state index >= 15 is 0 Å². The monoisotopic (exact) mass is 142 g/mol. The molecule has 0 saturated carbocycles. The molecule has 0 spiro atoms. The Kier molecular flexibility index (Phi) is 5.32. The molecule has 1 N–H and O–H groups in total. The van der Waals surface area contributed by atoms with Gasteiger partial charge in [-0.3, -0.25) is 0 Å². The van der Waals surface area contributed by atoms with E-state index in [1.54, 1.807) is 0 Å². The van der Waals surface area contributed by atoms with Crippen molar-refractivity contribution >= 4 is 0 Å². The molecule has 60 valence electrons. The highest BCUT2D eigenvalue weighted by molar-refractivity contribution is 4.97. The minimum absolute atomic E-state index is 0.278. The average Bonchev–Trinajstić information content (AvgIpc) is 1.85. The molecule has 0 bridgehead atoms. The zero-order valence-electron chi connectivity index (χ0n) is 7.22. The molecule has 0 aliphatic heterocycles. The molecule has 0 unspecified atom stereocenters. The lowest BCUT2D eigenvalue weighted by molar-refractivity contribution is 0.299. The van der Waals surface area contributed by atoms with Crippen LogP contribution < -0.4 is 0 Å². The summed E-state index contributed by atoms with van der Waals surface area (Å²) in [6.45, 7) is 6.74. The second-order valence-electron chi connectivity index (χ2n) is 3.15. The van der Waals surface area contributed by atoms with E-state index in [1.165, 1.54) is 5.57 Å². The predicted molar refractivity (Wildman–Crippen MR) is 44.9 cm³/mol. The molecule has 0 aliphatic rings. The summed E-state index contributed by atoms with van der Waals surface area (Å²) in [5.74, 6) is 0.730. The smallest absolute Gasteiger partial charge is 0.0468 e. The first kappa shape index (κ1) is 9.70. The molecule has 0 aromatic carbocycles. The van der Waals surface area contributed by atoms with Crippen molar-refractivity contribution in [1.29, 1.82) is 0 Å². The lowest BCUT2D eigenvalue weighted by Crippen LogP contribution is -1.87. The maximum absolute atomic E-state index is 8.56. The number of rotatable bonds is 4. The van der Waals surface area contributed by atoms with Gasteiger partial charge in [0.05, 0.1) is 0 Å². The second kappa shape index (κ2) is 5.48. The third kappa shape index (κ3) is 5.83. The summed E-state index contributed by atoms with van der Waals surface area (Å²) in [5, 5.41) is 8.56. The molecule has 0 aromatic rings. The summed E-state index contributed by atoms with van der Waals surface area (Å²) in [7, 11) is 0. The van der Waals surface area contributed by atoms with Gasteiger partial charge in [-0.1, -0.05) is 25.5 Å². The van der Waals surface area contributed by atoms with Crippen molar-refractivity contribution in [3.05, 3.63) is 11.6 Å². The van der Waals surface area contributed by atoms with Crippen molar-refractivity contribution in [1.82, 2.24) is 0 Å². The van der Waals surface area contributed by atoms with Crippen LogP contribution in [0.1, 0.15) is 33.6 Å². The van der Waals surface area contributed by atoms with E-state index < -0.39 is 0 Å². The van der Waals surface area contributed by atoms with E-state index in [9.17, 15) is 0 Å². The Morgan fingerprint density at radius 3 is 2.50 bits per heavy atom. The predicted octanol–water partition coefficient (Wildman–Crippen LogP) is 2.36. The Hall–Kier alpha value is -0.300. The largest absolute Gasteiger partial charge is 0.396 e. The summed E-state index contributed by atoms with van der Waals surface area (Å²) in [5.41, 5.74) is 1.30. The van der Waals surface area contributed by atoms with Crippen LogP contribution >= 0.6 is 0 Å². The van der Waals surface area contributed by atoms with Gasteiger partial charge in [-0.2, -0.15) is 0 Å². The van der Waals surface area contributed by atoms with Crippen LogP contribution in [-0.4, -0.2) is 11.7 Å². The Labute approximate surface area is 63.8 Å². The van der Waals surface area contributed by atoms with Crippen LogP contribution in [0.4, 0.5) is 0 Å². The van der Waals surface area contributed by atoms with E-state index in [1.807, 2.05) is 0 Å². The molecular weight excluding hydrogens is 124 g/mol. The van der Waals surface area contributed by atoms with Crippen LogP contribution in [0.2, 0.25) is 0 Å².